The van der Waals surface area contributed by atoms with Crippen LogP contribution in [0.2, 0.25) is 0 Å². The van der Waals surface area contributed by atoms with Crippen LogP contribution in [0, 0.1) is 18.7 Å². The largest absolute Gasteiger partial charge is 0.378 e. The van der Waals surface area contributed by atoms with Gasteiger partial charge in [-0.2, -0.15) is 0 Å². The third-order valence-electron chi connectivity index (χ3n) is 6.16. The second kappa shape index (κ2) is 7.54. The molecule has 3 aromatic carbocycles. The molecule has 158 valence electrons. The molecular formula is C25H23FN2O2S. The molecule has 2 N–H and O–H groups in total. The Morgan fingerprint density at radius 2 is 1.87 bits per heavy atom. The predicted octanol–water partition coefficient (Wildman–Crippen LogP) is 5.76. The van der Waals surface area contributed by atoms with Gasteiger partial charge in [0.1, 0.15) is 5.82 Å². The molecule has 0 unspecified atom stereocenters. The molecule has 31 heavy (non-hydrogen) atoms. The number of anilines is 2. The molecule has 0 amide bonds. The number of rotatable bonds is 4. The van der Waals surface area contributed by atoms with E-state index in [9.17, 15) is 12.8 Å². The van der Waals surface area contributed by atoms with E-state index in [-0.39, 0.29) is 22.5 Å². The average molecular weight is 435 g/mol. The smallest absolute Gasteiger partial charge is 0.261 e. The van der Waals surface area contributed by atoms with Crippen molar-refractivity contribution in [2.45, 2.75) is 30.2 Å². The minimum atomic E-state index is -3.91. The van der Waals surface area contributed by atoms with Crippen LogP contribution in [0.4, 0.5) is 15.8 Å². The van der Waals surface area contributed by atoms with Crippen molar-refractivity contribution in [1.29, 1.82) is 0 Å². The monoisotopic (exact) mass is 434 g/mol. The number of halogens is 1. The van der Waals surface area contributed by atoms with Crippen molar-refractivity contribution in [1.82, 2.24) is 0 Å². The summed E-state index contributed by atoms with van der Waals surface area (Å²) in [7, 11) is -3.91. The standard InChI is InChI=1S/C25H23FN2O2S/c1-16-6-4-7-17(14-16)25-20-9-5-8-19(20)21-15-18(12-13-23(21)27-25)31(29,30)28-24-11-3-2-10-22(24)26/h2-8,10-15,19-20,25,27-28H,9H2,1H3/t19-,20+,25+/m0/s1. The lowest BCUT2D eigenvalue weighted by molar-refractivity contribution is 0.425. The van der Waals surface area contributed by atoms with Gasteiger partial charge in [-0.15, -0.1) is 0 Å². The molecule has 0 saturated heterocycles. The van der Waals surface area contributed by atoms with E-state index in [4.69, 9.17) is 0 Å². The number of allylic oxidation sites excluding steroid dienone is 2. The van der Waals surface area contributed by atoms with E-state index in [1.807, 2.05) is 6.07 Å². The third-order valence-corrected chi connectivity index (χ3v) is 7.53. The first-order valence-corrected chi connectivity index (χ1v) is 11.8. The summed E-state index contributed by atoms with van der Waals surface area (Å²) in [6.07, 6.45) is 5.28. The minimum absolute atomic E-state index is 0.0588. The molecule has 0 radical (unpaired) electrons. The molecule has 6 heteroatoms. The lowest BCUT2D eigenvalue weighted by atomic mass is 9.77. The lowest BCUT2D eigenvalue weighted by Gasteiger charge is -2.37. The molecule has 1 aliphatic carbocycles. The Morgan fingerprint density at radius 1 is 1.03 bits per heavy atom. The maximum atomic E-state index is 14.0. The number of sulfonamides is 1. The van der Waals surface area contributed by atoms with E-state index in [0.29, 0.717) is 5.92 Å². The first kappa shape index (κ1) is 19.8. The van der Waals surface area contributed by atoms with Crippen LogP contribution in [-0.2, 0) is 10.0 Å². The predicted molar refractivity (Wildman–Crippen MR) is 121 cm³/mol. The molecule has 3 atom stereocenters. The molecule has 4 nitrogen and oxygen atoms in total. The van der Waals surface area contributed by atoms with Crippen LogP contribution in [0.1, 0.15) is 35.1 Å². The average Bonchev–Trinajstić information content (AvgIpc) is 3.24. The van der Waals surface area contributed by atoms with Crippen molar-refractivity contribution in [2.24, 2.45) is 5.92 Å². The molecule has 0 saturated carbocycles. The minimum Gasteiger partial charge on any atom is -0.378 e. The van der Waals surface area contributed by atoms with Crippen LogP contribution < -0.4 is 10.0 Å². The number of benzene rings is 3. The van der Waals surface area contributed by atoms with Crippen LogP contribution in [0.5, 0.6) is 0 Å². The van der Waals surface area contributed by atoms with Gasteiger partial charge in [0.2, 0.25) is 0 Å². The second-order valence-corrected chi connectivity index (χ2v) is 9.91. The Hall–Kier alpha value is -3.12. The van der Waals surface area contributed by atoms with E-state index in [1.165, 1.54) is 29.3 Å². The van der Waals surface area contributed by atoms with E-state index < -0.39 is 15.8 Å². The zero-order valence-corrected chi connectivity index (χ0v) is 17.9. The summed E-state index contributed by atoms with van der Waals surface area (Å²) < 4.78 is 42.2. The highest BCUT2D eigenvalue weighted by Crippen LogP contribution is 2.50. The Labute approximate surface area is 181 Å². The third kappa shape index (κ3) is 3.61. The van der Waals surface area contributed by atoms with Crippen molar-refractivity contribution >= 4 is 21.4 Å². The molecule has 0 fully saturated rings. The number of para-hydroxylation sites is 1. The lowest BCUT2D eigenvalue weighted by Crippen LogP contribution is -2.29. The fraction of sp³-hybridized carbons (Fsp3) is 0.200. The van der Waals surface area contributed by atoms with Crippen LogP contribution >= 0.6 is 0 Å². The number of aryl methyl sites for hydroxylation is 1. The zero-order chi connectivity index (χ0) is 21.6. The summed E-state index contributed by atoms with van der Waals surface area (Å²) in [6, 6.07) is 19.5. The zero-order valence-electron chi connectivity index (χ0n) is 17.0. The van der Waals surface area contributed by atoms with Crippen molar-refractivity contribution in [3.05, 3.63) is 101 Å². The first-order chi connectivity index (χ1) is 14.9. The van der Waals surface area contributed by atoms with E-state index in [1.54, 1.807) is 18.2 Å². The highest BCUT2D eigenvalue weighted by atomic mass is 32.2. The molecule has 1 heterocycles. The summed E-state index contributed by atoms with van der Waals surface area (Å²) in [5.41, 5.74) is 4.29. The van der Waals surface area contributed by atoms with Crippen LogP contribution in [0.25, 0.3) is 0 Å². The van der Waals surface area contributed by atoms with Gasteiger partial charge in [0.15, 0.2) is 0 Å². The van der Waals surface area contributed by atoms with Gasteiger partial charge in [-0.3, -0.25) is 4.72 Å². The molecule has 0 aromatic heterocycles. The number of hydrogen-bond donors (Lipinski definition) is 2. The molecule has 0 bridgehead atoms. The summed E-state index contributed by atoms with van der Waals surface area (Å²) >= 11 is 0. The quantitative estimate of drug-likeness (QED) is 0.513. The van der Waals surface area contributed by atoms with Gasteiger partial charge >= 0.3 is 0 Å². The van der Waals surface area contributed by atoms with Crippen LogP contribution in [0.15, 0.2) is 83.8 Å². The van der Waals surface area contributed by atoms with E-state index in [2.05, 4.69) is 53.4 Å². The van der Waals surface area contributed by atoms with Gasteiger partial charge in [-0.25, -0.2) is 12.8 Å². The Balaban J connectivity index is 1.51. The van der Waals surface area contributed by atoms with E-state index >= 15 is 0 Å². The molecule has 3 aromatic rings. The second-order valence-electron chi connectivity index (χ2n) is 8.22. The molecular weight excluding hydrogens is 411 g/mol. The Morgan fingerprint density at radius 3 is 2.68 bits per heavy atom. The highest BCUT2D eigenvalue weighted by molar-refractivity contribution is 7.92. The Kier molecular flexibility index (Phi) is 4.82. The van der Waals surface area contributed by atoms with Crippen molar-refractivity contribution in [3.8, 4) is 0 Å². The molecule has 0 spiro atoms. The number of nitrogens with one attached hydrogen (secondary N) is 2. The number of fused-ring (bicyclic) bond motifs is 3. The van der Waals surface area contributed by atoms with Crippen molar-refractivity contribution in [2.75, 3.05) is 10.0 Å². The summed E-state index contributed by atoms with van der Waals surface area (Å²) in [5, 5.41) is 3.63. The van der Waals surface area contributed by atoms with Crippen LogP contribution in [0.3, 0.4) is 0 Å². The van der Waals surface area contributed by atoms with Crippen molar-refractivity contribution in [3.63, 3.8) is 0 Å². The van der Waals surface area contributed by atoms with Gasteiger partial charge in [0.25, 0.3) is 10.0 Å². The van der Waals surface area contributed by atoms with Crippen LogP contribution in [-0.4, -0.2) is 8.42 Å². The topological polar surface area (TPSA) is 58.2 Å². The van der Waals surface area contributed by atoms with E-state index in [0.717, 1.165) is 17.7 Å². The molecule has 5 rings (SSSR count). The fourth-order valence-electron chi connectivity index (χ4n) is 4.68. The molecule has 2 aliphatic rings. The Bertz CT molecular complexity index is 1290. The maximum absolute atomic E-state index is 14.0. The highest BCUT2D eigenvalue weighted by Gasteiger charge is 2.38. The van der Waals surface area contributed by atoms with Gasteiger partial charge in [0.05, 0.1) is 16.6 Å². The fourth-order valence-corrected chi connectivity index (χ4v) is 5.78. The van der Waals surface area contributed by atoms with Gasteiger partial charge in [0, 0.05) is 11.6 Å². The maximum Gasteiger partial charge on any atom is 0.261 e. The normalized spacial score (nSPS) is 21.8. The van der Waals surface area contributed by atoms with Gasteiger partial charge in [-0.05, 0) is 60.7 Å². The summed E-state index contributed by atoms with van der Waals surface area (Å²) in [6.45, 7) is 2.09. The first-order valence-electron chi connectivity index (χ1n) is 10.3. The SMILES string of the molecule is Cc1cccc([C@H]2Nc3ccc(S(=O)(=O)Nc4ccccc4F)cc3[C@H]3C=CC[C@H]32)c1. The van der Waals surface area contributed by atoms with Crippen molar-refractivity contribution < 1.29 is 12.8 Å². The van der Waals surface area contributed by atoms with Gasteiger partial charge in [-0.1, -0.05) is 54.1 Å². The number of hydrogen-bond acceptors (Lipinski definition) is 3. The molecule has 1 aliphatic heterocycles. The summed E-state index contributed by atoms with van der Waals surface area (Å²) in [5.74, 6) is -0.164. The summed E-state index contributed by atoms with van der Waals surface area (Å²) in [4.78, 5) is 0.129. The van der Waals surface area contributed by atoms with Gasteiger partial charge < -0.3 is 5.32 Å².